The molecule has 1 saturated heterocycles. The van der Waals surface area contributed by atoms with Crippen molar-refractivity contribution in [1.82, 2.24) is 4.31 Å². The molecule has 4 nitrogen and oxygen atoms in total. The minimum absolute atomic E-state index is 0.0804. The minimum atomic E-state index is -3.51. The van der Waals surface area contributed by atoms with Crippen molar-refractivity contribution in [2.24, 2.45) is 0 Å². The molecule has 0 amide bonds. The predicted molar refractivity (Wildman–Crippen MR) is 116 cm³/mol. The highest BCUT2D eigenvalue weighted by molar-refractivity contribution is 7.89. The first-order valence-corrected chi connectivity index (χ1v) is 11.7. The zero-order chi connectivity index (χ0) is 20.1. The Hall–Kier alpha value is -2.21. The summed E-state index contributed by atoms with van der Waals surface area (Å²) in [6, 6.07) is 23.5. The lowest BCUT2D eigenvalue weighted by molar-refractivity contribution is 0.0974. The van der Waals surface area contributed by atoms with E-state index in [9.17, 15) is 8.42 Å². The lowest BCUT2D eigenvalue weighted by Gasteiger charge is -2.24. The Labute approximate surface area is 173 Å². The van der Waals surface area contributed by atoms with E-state index in [-0.39, 0.29) is 6.04 Å². The zero-order valence-electron chi connectivity index (χ0n) is 16.5. The van der Waals surface area contributed by atoms with E-state index in [2.05, 4.69) is 12.1 Å². The third-order valence-corrected chi connectivity index (χ3v) is 7.51. The normalized spacial score (nSPS) is 17.7. The van der Waals surface area contributed by atoms with Crippen LogP contribution in [0.5, 0.6) is 0 Å². The van der Waals surface area contributed by atoms with Gasteiger partial charge in [0.25, 0.3) is 0 Å². The number of hydrogen-bond acceptors (Lipinski definition) is 3. The maximum absolute atomic E-state index is 13.2. The summed E-state index contributed by atoms with van der Waals surface area (Å²) >= 11 is 0. The molecule has 1 atom stereocenters. The van der Waals surface area contributed by atoms with Crippen LogP contribution < -0.4 is 0 Å². The first kappa shape index (κ1) is 20.1. The molecule has 0 radical (unpaired) electrons. The second kappa shape index (κ2) is 9.08. The number of fused-ring (bicyclic) bond motifs is 1. The van der Waals surface area contributed by atoms with Gasteiger partial charge in [0.2, 0.25) is 10.0 Å². The number of nitrogens with zero attached hydrogens (tertiary/aromatic N) is 1. The number of aryl methyl sites for hydroxylation is 1. The summed E-state index contributed by atoms with van der Waals surface area (Å²) in [7, 11) is -3.51. The molecule has 5 heteroatoms. The number of sulfonamides is 1. The van der Waals surface area contributed by atoms with Gasteiger partial charge >= 0.3 is 0 Å². The van der Waals surface area contributed by atoms with Crippen molar-refractivity contribution in [2.75, 3.05) is 19.8 Å². The molecule has 1 fully saturated rings. The van der Waals surface area contributed by atoms with Crippen LogP contribution in [0.4, 0.5) is 0 Å². The van der Waals surface area contributed by atoms with E-state index in [0.717, 1.165) is 36.5 Å². The molecule has 1 heterocycles. The Kier molecular flexibility index (Phi) is 6.28. The highest BCUT2D eigenvalue weighted by atomic mass is 32.2. The highest BCUT2D eigenvalue weighted by Crippen LogP contribution is 2.28. The highest BCUT2D eigenvalue weighted by Gasteiger charge is 2.35. The van der Waals surface area contributed by atoms with Gasteiger partial charge in [0.15, 0.2) is 0 Å². The molecule has 1 aliphatic rings. The number of ether oxygens (including phenoxy) is 1. The molecule has 0 aliphatic carbocycles. The second-order valence-corrected chi connectivity index (χ2v) is 9.48. The minimum Gasteiger partial charge on any atom is -0.380 e. The Morgan fingerprint density at radius 2 is 1.69 bits per heavy atom. The van der Waals surface area contributed by atoms with Gasteiger partial charge in [-0.2, -0.15) is 4.31 Å². The molecule has 3 aromatic carbocycles. The molecule has 0 bridgehead atoms. The molecule has 0 N–H and O–H groups in total. The number of benzene rings is 3. The SMILES string of the molecule is O=S(=O)(c1ccc2ccccc2c1)N1CCC[C@H]1COCCCc1ccccc1. The average molecular weight is 410 g/mol. The maximum atomic E-state index is 13.2. The first-order valence-electron chi connectivity index (χ1n) is 10.3. The van der Waals surface area contributed by atoms with E-state index in [4.69, 9.17) is 4.74 Å². The van der Waals surface area contributed by atoms with Crippen molar-refractivity contribution in [1.29, 1.82) is 0 Å². The van der Waals surface area contributed by atoms with Gasteiger partial charge in [-0.1, -0.05) is 60.7 Å². The van der Waals surface area contributed by atoms with Crippen molar-refractivity contribution >= 4 is 20.8 Å². The summed E-state index contributed by atoms with van der Waals surface area (Å²) < 4.78 is 34.0. The fourth-order valence-corrected chi connectivity index (χ4v) is 5.71. The molecule has 152 valence electrons. The second-order valence-electron chi connectivity index (χ2n) is 7.58. The molecular weight excluding hydrogens is 382 g/mol. The predicted octanol–water partition coefficient (Wildman–Crippen LogP) is 4.64. The van der Waals surface area contributed by atoms with Crippen LogP contribution in [0, 0.1) is 0 Å². The van der Waals surface area contributed by atoms with Crippen LogP contribution >= 0.6 is 0 Å². The molecule has 1 aliphatic heterocycles. The van der Waals surface area contributed by atoms with E-state index in [1.54, 1.807) is 16.4 Å². The molecule has 29 heavy (non-hydrogen) atoms. The monoisotopic (exact) mass is 409 g/mol. The fraction of sp³-hybridized carbons (Fsp3) is 0.333. The third-order valence-electron chi connectivity index (χ3n) is 5.56. The maximum Gasteiger partial charge on any atom is 0.243 e. The van der Waals surface area contributed by atoms with Crippen molar-refractivity contribution < 1.29 is 13.2 Å². The van der Waals surface area contributed by atoms with Gasteiger partial charge in [-0.05, 0) is 54.2 Å². The molecule has 4 rings (SSSR count). The van der Waals surface area contributed by atoms with Crippen molar-refractivity contribution in [3.05, 3.63) is 78.4 Å². The van der Waals surface area contributed by atoms with Gasteiger partial charge in [-0.15, -0.1) is 0 Å². The number of rotatable bonds is 8. The lowest BCUT2D eigenvalue weighted by atomic mass is 10.1. The van der Waals surface area contributed by atoms with Crippen molar-refractivity contribution in [2.45, 2.75) is 36.6 Å². The molecule has 0 aromatic heterocycles. The Balaban J connectivity index is 1.36. The summed E-state index contributed by atoms with van der Waals surface area (Å²) in [5.41, 5.74) is 1.30. The Morgan fingerprint density at radius 1 is 0.931 bits per heavy atom. The quantitative estimate of drug-likeness (QED) is 0.509. The summed E-state index contributed by atoms with van der Waals surface area (Å²) in [5, 5.41) is 1.99. The molecular formula is C24H27NO3S. The summed E-state index contributed by atoms with van der Waals surface area (Å²) in [5.74, 6) is 0. The van der Waals surface area contributed by atoms with Crippen LogP contribution in [0.3, 0.4) is 0 Å². The van der Waals surface area contributed by atoms with Gasteiger partial charge in [-0.25, -0.2) is 8.42 Å². The molecule has 0 unspecified atom stereocenters. The first-order chi connectivity index (χ1) is 14.1. The van der Waals surface area contributed by atoms with Gasteiger partial charge < -0.3 is 4.74 Å². The van der Waals surface area contributed by atoms with E-state index in [1.165, 1.54) is 5.56 Å². The smallest absolute Gasteiger partial charge is 0.243 e. The van der Waals surface area contributed by atoms with E-state index >= 15 is 0 Å². The van der Waals surface area contributed by atoms with E-state index < -0.39 is 10.0 Å². The van der Waals surface area contributed by atoms with Crippen LogP contribution in [-0.2, 0) is 21.2 Å². The third kappa shape index (κ3) is 4.69. The van der Waals surface area contributed by atoms with Gasteiger partial charge in [-0.3, -0.25) is 0 Å². The van der Waals surface area contributed by atoms with Crippen LogP contribution in [0.1, 0.15) is 24.8 Å². The fourth-order valence-electron chi connectivity index (χ4n) is 4.00. The van der Waals surface area contributed by atoms with Crippen molar-refractivity contribution in [3.8, 4) is 0 Å². The van der Waals surface area contributed by atoms with Crippen LogP contribution in [0.15, 0.2) is 77.7 Å². The number of hydrogen-bond donors (Lipinski definition) is 0. The van der Waals surface area contributed by atoms with Crippen LogP contribution in [-0.4, -0.2) is 38.5 Å². The van der Waals surface area contributed by atoms with Gasteiger partial charge in [0.1, 0.15) is 0 Å². The largest absolute Gasteiger partial charge is 0.380 e. The summed E-state index contributed by atoms with van der Waals surface area (Å²) in [6.07, 6.45) is 3.65. The average Bonchev–Trinajstić information content (AvgIpc) is 3.23. The lowest BCUT2D eigenvalue weighted by Crippen LogP contribution is -2.38. The van der Waals surface area contributed by atoms with E-state index in [1.807, 2.05) is 48.5 Å². The molecule has 0 saturated carbocycles. The van der Waals surface area contributed by atoms with Gasteiger partial charge in [0, 0.05) is 19.2 Å². The summed E-state index contributed by atoms with van der Waals surface area (Å²) in [4.78, 5) is 0.368. The van der Waals surface area contributed by atoms with Crippen LogP contribution in [0.25, 0.3) is 10.8 Å². The van der Waals surface area contributed by atoms with Crippen LogP contribution in [0.2, 0.25) is 0 Å². The topological polar surface area (TPSA) is 46.6 Å². The zero-order valence-corrected chi connectivity index (χ0v) is 17.4. The van der Waals surface area contributed by atoms with Crippen molar-refractivity contribution in [3.63, 3.8) is 0 Å². The standard InChI is InChI=1S/C24H27NO3S/c26-29(27,24-15-14-21-11-4-5-12-22(21)18-24)25-16-6-13-23(25)19-28-17-7-10-20-8-2-1-3-9-20/h1-5,8-9,11-12,14-15,18,23H,6-7,10,13,16-17,19H2/t23-/m0/s1. The van der Waals surface area contributed by atoms with E-state index in [0.29, 0.717) is 24.7 Å². The Bertz CT molecular complexity index is 1050. The molecule has 0 spiro atoms. The Morgan fingerprint density at radius 3 is 2.52 bits per heavy atom. The molecule has 3 aromatic rings. The summed E-state index contributed by atoms with van der Waals surface area (Å²) in [6.45, 7) is 1.67. The van der Waals surface area contributed by atoms with Gasteiger partial charge in [0.05, 0.1) is 11.5 Å².